The third kappa shape index (κ3) is 6.73. The number of aromatic nitrogens is 3. The van der Waals surface area contributed by atoms with Gasteiger partial charge < -0.3 is 35.2 Å². The molecule has 11 heteroatoms. The summed E-state index contributed by atoms with van der Waals surface area (Å²) in [5.74, 6) is 4.11. The third-order valence-electron chi connectivity index (χ3n) is 6.50. The quantitative estimate of drug-likeness (QED) is 0.468. The lowest BCUT2D eigenvalue weighted by molar-refractivity contribution is -0.106. The maximum absolute atomic E-state index is 8.81. The molecule has 3 N–H and O–H groups in total. The number of nitrogens with one attached hydrogen (secondary N) is 3. The van der Waals surface area contributed by atoms with Crippen molar-refractivity contribution < 1.29 is 9.32 Å². The first-order valence-corrected chi connectivity index (χ1v) is 12.8. The van der Waals surface area contributed by atoms with Crippen molar-refractivity contribution in [3.63, 3.8) is 0 Å². The zero-order valence-corrected chi connectivity index (χ0v) is 22.0. The summed E-state index contributed by atoms with van der Waals surface area (Å²) in [4.78, 5) is 23.1. The number of hydrazine groups is 1. The molecule has 2 aromatic rings. The molecule has 1 unspecified atom stereocenters. The van der Waals surface area contributed by atoms with Crippen LogP contribution in [0.25, 0.3) is 0 Å². The van der Waals surface area contributed by atoms with Gasteiger partial charge in [0.1, 0.15) is 24.1 Å². The molecule has 0 bridgehead atoms. The van der Waals surface area contributed by atoms with Crippen LogP contribution < -0.4 is 21.0 Å². The Morgan fingerprint density at radius 1 is 1.17 bits per heavy atom. The van der Waals surface area contributed by atoms with Crippen molar-refractivity contribution in [3.8, 4) is 0 Å². The molecule has 0 spiro atoms. The SMILES string of the molecule is CC(C)c1cc(CNc2nc(NC3C=C(C4CC4)NN3C)cc(N3CCN(C)CC3)n2)on1.CC=O. The lowest BCUT2D eigenvalue weighted by Gasteiger charge is -2.33. The Bertz CT molecular complexity index is 1040. The van der Waals surface area contributed by atoms with Crippen molar-refractivity contribution in [1.29, 1.82) is 0 Å². The average molecular weight is 498 g/mol. The fourth-order valence-electron chi connectivity index (χ4n) is 4.14. The van der Waals surface area contributed by atoms with Gasteiger partial charge in [0.2, 0.25) is 5.95 Å². The van der Waals surface area contributed by atoms with Crippen LogP contribution in [0.3, 0.4) is 0 Å². The lowest BCUT2D eigenvalue weighted by Crippen LogP contribution is -2.45. The summed E-state index contributed by atoms with van der Waals surface area (Å²) in [6.45, 7) is 10.1. The van der Waals surface area contributed by atoms with Crippen molar-refractivity contribution in [2.24, 2.45) is 5.92 Å². The number of likely N-dealkylation sites (N-methyl/N-ethyl adjacent to an activating group) is 2. The van der Waals surface area contributed by atoms with E-state index in [2.05, 4.69) is 76.1 Å². The van der Waals surface area contributed by atoms with E-state index in [9.17, 15) is 0 Å². The molecule has 2 aliphatic heterocycles. The molecule has 1 atom stereocenters. The summed E-state index contributed by atoms with van der Waals surface area (Å²) in [6.07, 6.45) is 5.61. The van der Waals surface area contributed by atoms with Gasteiger partial charge in [0, 0.05) is 51.1 Å². The van der Waals surface area contributed by atoms with Crippen LogP contribution in [-0.4, -0.2) is 77.8 Å². The topological polar surface area (TPSA) is 115 Å². The molecule has 0 radical (unpaired) electrons. The van der Waals surface area contributed by atoms with Gasteiger partial charge in [-0.15, -0.1) is 0 Å². The highest BCUT2D eigenvalue weighted by Gasteiger charge is 2.32. The van der Waals surface area contributed by atoms with Crippen LogP contribution in [0.2, 0.25) is 0 Å². The van der Waals surface area contributed by atoms with Crippen molar-refractivity contribution >= 4 is 23.9 Å². The number of hydrogen-bond acceptors (Lipinski definition) is 11. The van der Waals surface area contributed by atoms with Crippen molar-refractivity contribution in [1.82, 2.24) is 30.5 Å². The Morgan fingerprint density at radius 3 is 2.53 bits per heavy atom. The van der Waals surface area contributed by atoms with Crippen LogP contribution in [0.1, 0.15) is 51.0 Å². The van der Waals surface area contributed by atoms with E-state index in [0.29, 0.717) is 24.3 Å². The number of hydrogen-bond donors (Lipinski definition) is 3. The average Bonchev–Trinajstić information content (AvgIpc) is 3.48. The minimum Gasteiger partial charge on any atom is -0.359 e. The van der Waals surface area contributed by atoms with Crippen LogP contribution in [0.15, 0.2) is 28.4 Å². The maximum Gasteiger partial charge on any atom is 0.226 e. The Labute approximate surface area is 213 Å². The normalized spacial score (nSPS) is 20.4. The first kappa shape index (κ1) is 25.9. The molecule has 1 saturated carbocycles. The van der Waals surface area contributed by atoms with Gasteiger partial charge in [-0.05, 0) is 44.7 Å². The van der Waals surface area contributed by atoms with Crippen molar-refractivity contribution in [2.45, 2.75) is 52.2 Å². The third-order valence-corrected chi connectivity index (χ3v) is 6.50. The summed E-state index contributed by atoms with van der Waals surface area (Å²) in [5.41, 5.74) is 5.75. The Morgan fingerprint density at radius 2 is 1.89 bits per heavy atom. The smallest absolute Gasteiger partial charge is 0.226 e. The van der Waals surface area contributed by atoms with Gasteiger partial charge in [0.15, 0.2) is 5.76 Å². The Kier molecular flexibility index (Phi) is 8.42. The first-order chi connectivity index (χ1) is 17.4. The number of rotatable bonds is 8. The van der Waals surface area contributed by atoms with E-state index in [0.717, 1.165) is 55.6 Å². The Hall–Kier alpha value is -3.18. The van der Waals surface area contributed by atoms with E-state index in [1.165, 1.54) is 25.5 Å². The highest BCUT2D eigenvalue weighted by atomic mass is 16.5. The van der Waals surface area contributed by atoms with Crippen molar-refractivity contribution in [3.05, 3.63) is 35.4 Å². The lowest BCUT2D eigenvalue weighted by atomic mass is 10.1. The largest absolute Gasteiger partial charge is 0.359 e. The monoisotopic (exact) mass is 497 g/mol. The zero-order valence-electron chi connectivity index (χ0n) is 22.0. The second kappa shape index (κ2) is 11.7. The van der Waals surface area contributed by atoms with E-state index in [1.54, 1.807) is 0 Å². The predicted octanol–water partition coefficient (Wildman–Crippen LogP) is 2.64. The molecule has 4 heterocycles. The second-order valence-corrected chi connectivity index (χ2v) is 9.90. The number of carbonyl (C=O) groups excluding carboxylic acids is 1. The second-order valence-electron chi connectivity index (χ2n) is 9.90. The number of piperazine rings is 1. The molecule has 1 aliphatic carbocycles. The van der Waals surface area contributed by atoms with Gasteiger partial charge in [-0.25, -0.2) is 5.01 Å². The highest BCUT2D eigenvalue weighted by Crippen LogP contribution is 2.37. The van der Waals surface area contributed by atoms with E-state index in [4.69, 9.17) is 19.3 Å². The molecule has 1 saturated heterocycles. The first-order valence-electron chi connectivity index (χ1n) is 12.8. The van der Waals surface area contributed by atoms with E-state index < -0.39 is 0 Å². The van der Waals surface area contributed by atoms with E-state index in [1.807, 2.05) is 6.07 Å². The van der Waals surface area contributed by atoms with Gasteiger partial charge >= 0.3 is 0 Å². The van der Waals surface area contributed by atoms with Gasteiger partial charge in [-0.2, -0.15) is 9.97 Å². The van der Waals surface area contributed by atoms with Gasteiger partial charge in [-0.3, -0.25) is 0 Å². The van der Waals surface area contributed by atoms with Gasteiger partial charge in [-0.1, -0.05) is 19.0 Å². The molecule has 2 aromatic heterocycles. The Balaban J connectivity index is 0.000000967. The zero-order chi connectivity index (χ0) is 25.7. The summed E-state index contributed by atoms with van der Waals surface area (Å²) < 4.78 is 5.48. The molecule has 0 aromatic carbocycles. The van der Waals surface area contributed by atoms with E-state index in [-0.39, 0.29) is 6.17 Å². The van der Waals surface area contributed by atoms with Crippen molar-refractivity contribution in [2.75, 3.05) is 55.8 Å². The van der Waals surface area contributed by atoms with Crippen LogP contribution in [0, 0.1) is 5.92 Å². The number of nitrogens with zero attached hydrogens (tertiary/aromatic N) is 6. The predicted molar refractivity (Wildman–Crippen MR) is 141 cm³/mol. The molecule has 3 aliphatic rings. The molecule has 2 fully saturated rings. The molecule has 5 rings (SSSR count). The molecular formula is C25H39N9O2. The summed E-state index contributed by atoms with van der Waals surface area (Å²) in [7, 11) is 4.22. The molecule has 36 heavy (non-hydrogen) atoms. The van der Waals surface area contributed by atoms with E-state index >= 15 is 0 Å². The highest BCUT2D eigenvalue weighted by molar-refractivity contribution is 5.55. The number of allylic oxidation sites excluding steroid dienone is 1. The van der Waals surface area contributed by atoms with Crippen LogP contribution in [-0.2, 0) is 11.3 Å². The van der Waals surface area contributed by atoms with Gasteiger partial charge in [0.05, 0.1) is 12.2 Å². The number of aldehydes is 1. The molecule has 0 amide bonds. The summed E-state index contributed by atoms with van der Waals surface area (Å²) in [5, 5.41) is 13.2. The minimum absolute atomic E-state index is 0.0477. The molecule has 196 valence electrons. The van der Waals surface area contributed by atoms with Gasteiger partial charge in [0.25, 0.3) is 0 Å². The summed E-state index contributed by atoms with van der Waals surface area (Å²) in [6, 6.07) is 4.04. The van der Waals surface area contributed by atoms with Crippen LogP contribution in [0.5, 0.6) is 0 Å². The number of anilines is 3. The van der Waals surface area contributed by atoms with Crippen LogP contribution >= 0.6 is 0 Å². The fraction of sp³-hybridized carbons (Fsp3) is 0.600. The maximum atomic E-state index is 8.81. The minimum atomic E-state index is 0.0477. The van der Waals surface area contributed by atoms with Crippen LogP contribution in [0.4, 0.5) is 17.6 Å². The number of carbonyl (C=O) groups is 1. The molecule has 11 nitrogen and oxygen atoms in total. The molecular weight excluding hydrogens is 458 g/mol. The summed E-state index contributed by atoms with van der Waals surface area (Å²) >= 11 is 0. The fourth-order valence-corrected chi connectivity index (χ4v) is 4.14. The standard InChI is InChI=1S/C23H35N9O.C2H4O/c1-15(2)18-11-17(33-29-18)14-24-23-26-20(13-22(27-23)32-9-7-30(3)8-10-32)25-21-12-19(16-5-6-16)28-31(21)4;1-2-3/h11-13,15-16,21,28H,5-10,14H2,1-4H3,(H2,24,25,26,27);2H,1H3.